The van der Waals surface area contributed by atoms with Crippen LogP contribution in [0.4, 0.5) is 0 Å². The lowest BCUT2D eigenvalue weighted by atomic mass is 10.0. The van der Waals surface area contributed by atoms with Crippen LogP contribution in [0, 0.1) is 22.7 Å². The number of nitrogens with two attached hydrogens (primary N) is 1. The van der Waals surface area contributed by atoms with Crippen molar-refractivity contribution in [2.75, 3.05) is 36.2 Å². The van der Waals surface area contributed by atoms with E-state index < -0.39 is 143 Å². The van der Waals surface area contributed by atoms with E-state index in [4.69, 9.17) is 101 Å². The van der Waals surface area contributed by atoms with Gasteiger partial charge in [0, 0.05) is 37.8 Å². The number of carbonyl (C=O) groups excluding carboxylic acids is 5. The molecule has 0 aromatic carbocycles. The van der Waals surface area contributed by atoms with Crippen LogP contribution in [0.15, 0.2) is 10.3 Å². The number of aliphatic carboxylic acids is 1. The summed E-state index contributed by atoms with van der Waals surface area (Å²) in [6, 6.07) is 0.680. The molecule has 0 fully saturated rings. The number of aliphatic hydroxyl groups excluding tert-OH is 3. The number of thioether (sulfide) groups is 2. The van der Waals surface area contributed by atoms with E-state index in [1.807, 2.05) is 6.92 Å². The lowest BCUT2D eigenvalue weighted by molar-refractivity contribution is -0.158. The van der Waals surface area contributed by atoms with Crippen molar-refractivity contribution in [3.05, 3.63) is 0 Å². The smallest absolute Gasteiger partial charge is 0.479 e. The van der Waals surface area contributed by atoms with Crippen LogP contribution in [0.3, 0.4) is 0 Å². The van der Waals surface area contributed by atoms with E-state index in [0.717, 1.165) is 24.8 Å². The second-order valence-electron chi connectivity index (χ2n) is 15.2. The van der Waals surface area contributed by atoms with E-state index in [9.17, 15) is 70.9 Å². The first kappa shape index (κ1) is 91.5. The molecule has 0 radical (unpaired) electrons. The highest BCUT2D eigenvalue weighted by atomic mass is 32.2. The van der Waals surface area contributed by atoms with Crippen LogP contribution in [0.2, 0.25) is 0 Å². The number of hydrogen-bond donors (Lipinski definition) is 22. The monoisotopic (exact) mass is 1360 g/mol. The minimum Gasteiger partial charge on any atom is -0.479 e. The zero-order valence-corrected chi connectivity index (χ0v) is 51.3. The van der Waals surface area contributed by atoms with Crippen LogP contribution >= 0.6 is 77.6 Å². The number of oxime groups is 2. The molecule has 0 saturated heterocycles. The fourth-order valence-corrected chi connectivity index (χ4v) is 9.49. The average Bonchev–Trinajstić information content (AvgIpc) is 3.26. The van der Waals surface area contributed by atoms with Crippen molar-refractivity contribution < 1.29 is 155 Å². The molecular formula is C33H68N7O32P7S2+2. The lowest BCUT2D eigenvalue weighted by Gasteiger charge is -2.17. The third-order valence-corrected chi connectivity index (χ3v) is 15.2. The molecular weight excluding hydrogens is 1290 g/mol. The second-order valence-corrected chi connectivity index (χ2v) is 27.9. The first-order chi connectivity index (χ1) is 36.2. The van der Waals surface area contributed by atoms with Gasteiger partial charge in [-0.2, -0.15) is 20.3 Å². The highest BCUT2D eigenvalue weighted by Crippen LogP contribution is 2.43. The van der Waals surface area contributed by atoms with Crippen LogP contribution < -0.4 is 16.4 Å². The number of nitrogens with one attached hydrogen (secondary N) is 2. The van der Waals surface area contributed by atoms with Crippen molar-refractivity contribution in [3.63, 3.8) is 0 Å². The van der Waals surface area contributed by atoms with Crippen molar-refractivity contribution >= 4 is 123 Å². The Morgan fingerprint density at radius 1 is 0.704 bits per heavy atom. The first-order valence-corrected chi connectivity index (χ1v) is 34.4. The Morgan fingerprint density at radius 3 is 1.30 bits per heavy atom. The van der Waals surface area contributed by atoms with E-state index in [1.54, 1.807) is 0 Å². The third kappa shape index (κ3) is 62.6. The van der Waals surface area contributed by atoms with Gasteiger partial charge in [-0.05, 0) is 43.2 Å². The van der Waals surface area contributed by atoms with Gasteiger partial charge in [0.1, 0.15) is 29.2 Å². The maximum absolute atomic E-state index is 11.2. The van der Waals surface area contributed by atoms with Gasteiger partial charge in [0.25, 0.3) is 0 Å². The van der Waals surface area contributed by atoms with E-state index in [2.05, 4.69) is 20.9 Å². The van der Waals surface area contributed by atoms with Crippen LogP contribution in [0.1, 0.15) is 67.7 Å². The minimum atomic E-state index is -4.87. The molecule has 0 saturated carbocycles. The number of aliphatic hydroxyl groups is 4. The standard InChI is InChI=1S/C8H15N2O7PS.C8H15N2O6PS.C6H9O6P.C4H10NO2P.C3H9O4P.C2H4NO4P.C2H4NO3P/c1-4(11)6(9-5(2)12)3-19-7(10-14)8(13)18(15,16)17;1-5(11)7(9-6(2)12)4-18-8(10-13)3-17(14,15)16;1-4(7)2-6(10,5(8)9)3-13(11)12;1-4(5)2-3-8(6)7;1-2-3(4)8(5,6)7;3-1-2(4)8(5,6)7;3-1-2-7(4,5)6/h6,8,13-14H,3H2,1-2H3,(H,9,12)(H2,15,16,17);7,13H,3-4H2,1-2H3,(H,9,12)(H2,14,15,16);10H,2-3H2,1H3,(H-,8,9,11,12);4H,2-3,5H2,1H3;3-4H,2H2,1H3,(H2,5,6,7);2,4H,(H2,5,6,7);2H2,(H2,4,5,6)/p+2/t;7-;;;;;/m.0...../s1. The summed E-state index contributed by atoms with van der Waals surface area (Å²) in [6.45, 7) is 9.36. The number of carboxylic acids is 1. The Balaban J connectivity index is -0.000000164. The summed E-state index contributed by atoms with van der Waals surface area (Å²) >= 11 is 1.36. The molecule has 0 aliphatic carbocycles. The zero-order chi connectivity index (χ0) is 66.3. The molecule has 0 bridgehead atoms. The molecule has 8 unspecified atom stereocenters. The SMILES string of the molecule is CC(=O)CC(O)(C[P+](=O)O)C(=O)O.CC(=O)NC(CSC(=NO)C(O)P(=O)(O)O)C(C)=O.CC(=O)N[C@@H](CSC(CP(=O)(O)O)=NO)C(C)=O.CC(N)CC[P+](=O)O.CCC(O)P(=O)(O)O.N#CC(O)P(=O)(O)O.N#CCP(=O)(O)O. The molecule has 23 N–H and O–H groups in total. The van der Waals surface area contributed by atoms with E-state index in [-0.39, 0.29) is 40.6 Å². The quantitative estimate of drug-likeness (QED) is 0.0118. The fraction of sp³-hybridized carbons (Fsp3) is 0.697. The number of nitrogens with zero attached hydrogens (tertiary/aromatic N) is 4. The third-order valence-electron chi connectivity index (χ3n) is 7.22. The van der Waals surface area contributed by atoms with Crippen molar-refractivity contribution in [2.24, 2.45) is 16.0 Å². The predicted molar refractivity (Wildman–Crippen MR) is 285 cm³/mol. The molecule has 0 aromatic rings. The van der Waals surface area contributed by atoms with Gasteiger partial charge in [0.2, 0.25) is 35.3 Å². The Hall–Kier alpha value is -3.29. The molecule has 9 atom stereocenters. The number of amides is 2. The number of nitriles is 2. The summed E-state index contributed by atoms with van der Waals surface area (Å²) in [6.07, 6.45) is -1.85. The Morgan fingerprint density at radius 2 is 1.12 bits per heavy atom. The van der Waals surface area contributed by atoms with Gasteiger partial charge in [0.05, 0.1) is 24.6 Å². The van der Waals surface area contributed by atoms with E-state index >= 15 is 0 Å². The van der Waals surface area contributed by atoms with Gasteiger partial charge in [-0.15, -0.1) is 23.5 Å². The molecule has 0 aliphatic rings. The summed E-state index contributed by atoms with van der Waals surface area (Å²) in [7, 11) is -26.7. The molecule has 2 amide bonds. The topological polar surface area (TPSA) is 729 Å². The highest BCUT2D eigenvalue weighted by Gasteiger charge is 2.45. The molecule has 0 spiro atoms. The largest absolute Gasteiger partial charge is 0.509 e. The molecule has 0 aromatic heterocycles. The summed E-state index contributed by atoms with van der Waals surface area (Å²) < 4.78 is 71.3. The summed E-state index contributed by atoms with van der Waals surface area (Å²) in [4.78, 5) is 165. The number of hydrogen-bond acceptors (Lipinski definition) is 26. The van der Waals surface area contributed by atoms with Crippen LogP contribution in [-0.4, -0.2) is 217 Å². The molecule has 472 valence electrons. The van der Waals surface area contributed by atoms with Gasteiger partial charge < -0.3 is 101 Å². The molecule has 48 heteroatoms. The average molecular weight is 1360 g/mol. The number of carbonyl (C=O) groups is 6. The normalized spacial score (nSPS) is 14.9. The van der Waals surface area contributed by atoms with Crippen LogP contribution in [0.25, 0.3) is 0 Å². The molecule has 0 aliphatic heterocycles. The molecule has 39 nitrogen and oxygen atoms in total. The van der Waals surface area contributed by atoms with Crippen molar-refractivity contribution in [3.8, 4) is 12.1 Å². The van der Waals surface area contributed by atoms with E-state index in [1.165, 1.54) is 40.7 Å². The van der Waals surface area contributed by atoms with Crippen LogP contribution in [0.5, 0.6) is 0 Å². The Kier molecular flexibility index (Phi) is 52.0. The summed E-state index contributed by atoms with van der Waals surface area (Å²) in [5, 5.41) is 85.2. The summed E-state index contributed by atoms with van der Waals surface area (Å²) in [5.74, 6) is -9.79. The van der Waals surface area contributed by atoms with Gasteiger partial charge in [-0.3, -0.25) is 46.8 Å². The number of Topliss-reactive ketones (excluding diaryl/α,β-unsaturated/α-hetero) is 3. The number of carboxylic acid groups (broad SMARTS) is 1. The molecule has 0 heterocycles. The number of rotatable bonds is 24. The van der Waals surface area contributed by atoms with E-state index in [0.29, 0.717) is 24.3 Å². The first-order valence-electron chi connectivity index (χ1n) is 20.9. The minimum absolute atomic E-state index is 0.0360. The summed E-state index contributed by atoms with van der Waals surface area (Å²) in [5.41, 5.74) is 2.88. The van der Waals surface area contributed by atoms with Crippen molar-refractivity contribution in [1.29, 1.82) is 10.5 Å². The maximum Gasteiger partial charge on any atom is 0.509 e. The fourth-order valence-electron chi connectivity index (χ4n) is 3.50. The molecule has 0 rings (SSSR count). The van der Waals surface area contributed by atoms with Crippen molar-refractivity contribution in [1.82, 2.24) is 10.6 Å². The zero-order valence-electron chi connectivity index (χ0n) is 43.4. The predicted octanol–water partition coefficient (Wildman–Crippen LogP) is -2.56. The van der Waals surface area contributed by atoms with Gasteiger partial charge >= 0.3 is 60.0 Å². The van der Waals surface area contributed by atoms with Gasteiger partial charge in [-0.25, -0.2) is 4.79 Å². The van der Waals surface area contributed by atoms with Gasteiger partial charge in [0.15, 0.2) is 28.6 Å². The number of ketones is 3. The highest BCUT2D eigenvalue weighted by molar-refractivity contribution is 8.14. The van der Waals surface area contributed by atoms with Gasteiger partial charge in [-0.1, -0.05) is 17.2 Å². The maximum atomic E-state index is 11.2. The Bertz CT molecular complexity index is 2400. The Labute approximate surface area is 471 Å². The molecule has 81 heavy (non-hydrogen) atoms. The lowest BCUT2D eigenvalue weighted by Crippen LogP contribution is -2.42. The second kappa shape index (κ2) is 46.1. The van der Waals surface area contributed by atoms with Crippen LogP contribution in [-0.2, 0) is 60.7 Å². The van der Waals surface area contributed by atoms with Crippen molar-refractivity contribution in [2.45, 2.75) is 109 Å².